The van der Waals surface area contributed by atoms with E-state index in [2.05, 4.69) is 15.9 Å². The summed E-state index contributed by atoms with van der Waals surface area (Å²) in [6.45, 7) is 2.01. The molecule has 1 aromatic heterocycles. The highest BCUT2D eigenvalue weighted by molar-refractivity contribution is 9.10. The van der Waals surface area contributed by atoms with Crippen LogP contribution in [0, 0.1) is 6.92 Å². The monoisotopic (exact) mass is 270 g/mol. The van der Waals surface area contributed by atoms with Crippen molar-refractivity contribution in [2.75, 3.05) is 0 Å². The molecule has 0 radical (unpaired) electrons. The Hall–Kier alpha value is -0.355. The predicted octanol–water partition coefficient (Wildman–Crippen LogP) is 1.65. The zero-order chi connectivity index (χ0) is 10.3. The van der Waals surface area contributed by atoms with Crippen LogP contribution in [0.25, 0.3) is 10.1 Å². The molecule has 0 spiro atoms. The smallest absolute Gasteiger partial charge is 0.423 e. The van der Waals surface area contributed by atoms with Crippen molar-refractivity contribution in [1.82, 2.24) is 0 Å². The minimum atomic E-state index is -1.37. The van der Waals surface area contributed by atoms with Gasteiger partial charge in [0.05, 0.1) is 0 Å². The first kappa shape index (κ1) is 10.2. The van der Waals surface area contributed by atoms with Gasteiger partial charge in [0.25, 0.3) is 0 Å². The average molecular weight is 271 g/mol. The summed E-state index contributed by atoms with van der Waals surface area (Å²) in [5.41, 5.74) is 1.13. The van der Waals surface area contributed by atoms with Crippen LogP contribution in [0.4, 0.5) is 0 Å². The molecule has 0 amide bonds. The van der Waals surface area contributed by atoms with Crippen LogP contribution in [-0.2, 0) is 0 Å². The highest BCUT2D eigenvalue weighted by Gasteiger charge is 2.15. The van der Waals surface area contributed by atoms with E-state index in [4.69, 9.17) is 10.0 Å². The third kappa shape index (κ3) is 1.61. The van der Waals surface area contributed by atoms with Crippen LogP contribution in [0.2, 0.25) is 0 Å². The molecule has 1 heterocycles. The number of benzene rings is 1. The first-order valence-corrected chi connectivity index (χ1v) is 5.75. The molecular formula is C9H8BBrO2S. The Labute approximate surface area is 94.5 Å². The van der Waals surface area contributed by atoms with E-state index in [9.17, 15) is 0 Å². The molecule has 14 heavy (non-hydrogen) atoms. The maximum atomic E-state index is 9.04. The first-order chi connectivity index (χ1) is 6.59. The summed E-state index contributed by atoms with van der Waals surface area (Å²) in [5, 5.41) is 19.2. The minimum absolute atomic E-state index is 0.584. The molecular weight excluding hydrogens is 263 g/mol. The van der Waals surface area contributed by atoms with Crippen LogP contribution in [0.3, 0.4) is 0 Å². The molecule has 72 valence electrons. The lowest BCUT2D eigenvalue weighted by atomic mass is 9.89. The second-order valence-corrected chi connectivity index (χ2v) is 5.08. The van der Waals surface area contributed by atoms with Gasteiger partial charge in [-0.25, -0.2) is 0 Å². The van der Waals surface area contributed by atoms with E-state index in [0.717, 1.165) is 20.1 Å². The zero-order valence-electron chi connectivity index (χ0n) is 7.49. The van der Waals surface area contributed by atoms with Gasteiger partial charge >= 0.3 is 7.12 Å². The van der Waals surface area contributed by atoms with Gasteiger partial charge in [0.1, 0.15) is 0 Å². The van der Waals surface area contributed by atoms with Crippen molar-refractivity contribution >= 4 is 49.2 Å². The van der Waals surface area contributed by atoms with Crippen LogP contribution >= 0.6 is 27.3 Å². The summed E-state index contributed by atoms with van der Waals surface area (Å²) in [6, 6.07) is 5.77. The summed E-state index contributed by atoms with van der Waals surface area (Å²) < 4.78 is 2.71. The molecule has 2 aromatic rings. The van der Waals surface area contributed by atoms with Gasteiger partial charge in [-0.2, -0.15) is 0 Å². The van der Waals surface area contributed by atoms with Gasteiger partial charge in [-0.05, 0) is 36.1 Å². The lowest BCUT2D eigenvalue weighted by molar-refractivity contribution is 0.427. The third-order valence-electron chi connectivity index (χ3n) is 2.18. The van der Waals surface area contributed by atoms with Crippen molar-refractivity contribution < 1.29 is 10.0 Å². The Morgan fingerprint density at radius 3 is 2.71 bits per heavy atom. The second-order valence-electron chi connectivity index (χ2n) is 3.11. The van der Waals surface area contributed by atoms with Crippen molar-refractivity contribution in [3.05, 3.63) is 28.2 Å². The summed E-state index contributed by atoms with van der Waals surface area (Å²) in [5.74, 6) is 0. The van der Waals surface area contributed by atoms with Gasteiger partial charge in [0, 0.05) is 13.9 Å². The van der Waals surface area contributed by atoms with Gasteiger partial charge in [0.15, 0.2) is 0 Å². The fourth-order valence-electron chi connectivity index (χ4n) is 1.37. The summed E-state index contributed by atoms with van der Waals surface area (Å²) >= 11 is 4.85. The molecule has 0 unspecified atom stereocenters. The molecule has 1 aromatic carbocycles. The number of aryl methyl sites for hydroxylation is 1. The van der Waals surface area contributed by atoms with Crippen LogP contribution in [0.5, 0.6) is 0 Å². The fraction of sp³-hybridized carbons (Fsp3) is 0.111. The highest BCUT2D eigenvalue weighted by atomic mass is 79.9. The number of thiophene rings is 1. The standard InChI is InChI=1S/C9H8BBrO2S/c1-5-6-4-9(10(12)13)14-8(6)3-2-7(5)11/h2-4,12-13H,1H3. The molecule has 2 nitrogen and oxygen atoms in total. The van der Waals surface area contributed by atoms with Gasteiger partial charge in [-0.1, -0.05) is 15.9 Å². The van der Waals surface area contributed by atoms with Gasteiger partial charge < -0.3 is 10.0 Å². The molecule has 2 rings (SSSR count). The van der Waals surface area contributed by atoms with Crippen molar-refractivity contribution in [1.29, 1.82) is 0 Å². The summed E-state index contributed by atoms with van der Waals surface area (Å²) in [4.78, 5) is 0. The lowest BCUT2D eigenvalue weighted by Gasteiger charge is -1.97. The van der Waals surface area contributed by atoms with E-state index >= 15 is 0 Å². The molecule has 0 aliphatic carbocycles. The summed E-state index contributed by atoms with van der Waals surface area (Å²) in [6.07, 6.45) is 0. The normalized spacial score (nSPS) is 10.9. The maximum absolute atomic E-state index is 9.04. The molecule has 0 saturated heterocycles. The van der Waals surface area contributed by atoms with E-state index in [-0.39, 0.29) is 0 Å². The maximum Gasteiger partial charge on any atom is 0.499 e. The van der Waals surface area contributed by atoms with Crippen molar-refractivity contribution in [3.8, 4) is 0 Å². The quantitative estimate of drug-likeness (QED) is 0.774. The molecule has 0 saturated carbocycles. The van der Waals surface area contributed by atoms with E-state index in [1.54, 1.807) is 0 Å². The number of hydrogen-bond acceptors (Lipinski definition) is 3. The van der Waals surface area contributed by atoms with Crippen LogP contribution in [-0.4, -0.2) is 17.2 Å². The number of halogens is 1. The Balaban J connectivity index is 2.71. The zero-order valence-corrected chi connectivity index (χ0v) is 9.89. The minimum Gasteiger partial charge on any atom is -0.423 e. The topological polar surface area (TPSA) is 40.5 Å². The van der Waals surface area contributed by atoms with Crippen LogP contribution < -0.4 is 4.78 Å². The van der Waals surface area contributed by atoms with Gasteiger partial charge in [-0.15, -0.1) is 11.3 Å². The average Bonchev–Trinajstić information content (AvgIpc) is 2.56. The lowest BCUT2D eigenvalue weighted by Crippen LogP contribution is -2.26. The number of fused-ring (bicyclic) bond motifs is 1. The molecule has 0 aliphatic heterocycles. The van der Waals surface area contributed by atoms with Gasteiger partial charge in [0.2, 0.25) is 0 Å². The summed E-state index contributed by atoms with van der Waals surface area (Å²) in [7, 11) is -1.37. The number of rotatable bonds is 1. The SMILES string of the molecule is Cc1c(Br)ccc2sc(B(O)O)cc12. The van der Waals surface area contributed by atoms with E-state index in [0.29, 0.717) is 4.78 Å². The molecule has 2 N–H and O–H groups in total. The fourth-order valence-corrected chi connectivity index (χ4v) is 2.71. The van der Waals surface area contributed by atoms with E-state index in [1.807, 2.05) is 25.1 Å². The molecule has 0 fully saturated rings. The van der Waals surface area contributed by atoms with E-state index in [1.165, 1.54) is 11.3 Å². The van der Waals surface area contributed by atoms with Crippen LogP contribution in [0.1, 0.15) is 5.56 Å². The Bertz CT molecular complexity index is 481. The second kappa shape index (κ2) is 3.66. The van der Waals surface area contributed by atoms with Crippen molar-refractivity contribution in [3.63, 3.8) is 0 Å². The largest absolute Gasteiger partial charge is 0.499 e. The molecule has 5 heteroatoms. The van der Waals surface area contributed by atoms with E-state index < -0.39 is 7.12 Å². The molecule has 0 bridgehead atoms. The van der Waals surface area contributed by atoms with Crippen molar-refractivity contribution in [2.45, 2.75) is 6.92 Å². The first-order valence-electron chi connectivity index (χ1n) is 4.14. The molecule has 0 aliphatic rings. The van der Waals surface area contributed by atoms with Crippen molar-refractivity contribution in [2.24, 2.45) is 0 Å². The molecule has 0 atom stereocenters. The van der Waals surface area contributed by atoms with Crippen LogP contribution in [0.15, 0.2) is 22.7 Å². The Kier molecular flexibility index (Phi) is 2.66. The Morgan fingerprint density at radius 1 is 1.36 bits per heavy atom. The predicted molar refractivity (Wildman–Crippen MR) is 64.1 cm³/mol. The van der Waals surface area contributed by atoms with Gasteiger partial charge in [-0.3, -0.25) is 0 Å². The third-order valence-corrected chi connectivity index (χ3v) is 4.18. The number of hydrogen-bond donors (Lipinski definition) is 2. The highest BCUT2D eigenvalue weighted by Crippen LogP contribution is 2.28. The Morgan fingerprint density at radius 2 is 2.07 bits per heavy atom.